The number of carbonyl (C=O) groups excluding carboxylic acids is 1. The summed E-state index contributed by atoms with van der Waals surface area (Å²) in [6.45, 7) is 5.81. The number of likely N-dealkylation sites (tertiary alicyclic amines) is 1. The van der Waals surface area contributed by atoms with Crippen LogP contribution < -0.4 is 10.5 Å². The Labute approximate surface area is 140 Å². The third kappa shape index (κ3) is 4.71. The van der Waals surface area contributed by atoms with Gasteiger partial charge in [0, 0.05) is 13.1 Å². The van der Waals surface area contributed by atoms with Crippen molar-refractivity contribution in [1.29, 1.82) is 0 Å². The maximum atomic E-state index is 12.4. The van der Waals surface area contributed by atoms with E-state index < -0.39 is 0 Å². The zero-order valence-corrected chi connectivity index (χ0v) is 14.6. The van der Waals surface area contributed by atoms with E-state index in [4.69, 9.17) is 10.5 Å². The van der Waals surface area contributed by atoms with Gasteiger partial charge < -0.3 is 15.4 Å². The lowest BCUT2D eigenvalue weighted by Gasteiger charge is -2.34. The molecule has 1 aliphatic rings. The summed E-state index contributed by atoms with van der Waals surface area (Å²) >= 11 is 0. The van der Waals surface area contributed by atoms with Crippen molar-refractivity contribution in [2.45, 2.75) is 45.6 Å². The Morgan fingerprint density at radius 3 is 2.43 bits per heavy atom. The maximum Gasteiger partial charge on any atom is 0.239 e. The fraction of sp³-hybridized carbons (Fsp3) is 0.632. The Morgan fingerprint density at radius 2 is 1.91 bits per heavy atom. The first kappa shape index (κ1) is 17.8. The normalized spacial score (nSPS) is 18.5. The topological polar surface area (TPSA) is 55.6 Å². The molecule has 4 nitrogen and oxygen atoms in total. The molecule has 0 aliphatic carbocycles. The average molecular weight is 318 g/mol. The lowest BCUT2D eigenvalue weighted by Crippen LogP contribution is -2.49. The number of benzene rings is 1. The maximum absolute atomic E-state index is 12.4. The van der Waals surface area contributed by atoms with Crippen LogP contribution in [0.15, 0.2) is 24.3 Å². The number of hydrogen-bond donors (Lipinski definition) is 1. The summed E-state index contributed by atoms with van der Waals surface area (Å²) in [6.07, 6.45) is 4.14. The smallest absolute Gasteiger partial charge is 0.239 e. The molecule has 0 spiro atoms. The van der Waals surface area contributed by atoms with E-state index in [1.54, 1.807) is 7.11 Å². The molecule has 1 amide bonds. The summed E-state index contributed by atoms with van der Waals surface area (Å²) in [7, 11) is 1.69. The molecule has 1 saturated heterocycles. The first-order valence-corrected chi connectivity index (χ1v) is 8.72. The van der Waals surface area contributed by atoms with E-state index in [2.05, 4.69) is 26.0 Å². The minimum absolute atomic E-state index is 0.127. The highest BCUT2D eigenvalue weighted by molar-refractivity contribution is 5.82. The minimum Gasteiger partial charge on any atom is -0.497 e. The molecule has 2 atom stereocenters. The molecule has 0 bridgehead atoms. The van der Waals surface area contributed by atoms with Gasteiger partial charge in [-0.15, -0.1) is 0 Å². The van der Waals surface area contributed by atoms with Gasteiger partial charge in [0.25, 0.3) is 0 Å². The second-order valence-corrected chi connectivity index (χ2v) is 6.73. The quantitative estimate of drug-likeness (QED) is 0.877. The molecule has 1 heterocycles. The van der Waals surface area contributed by atoms with Crippen LogP contribution >= 0.6 is 0 Å². The van der Waals surface area contributed by atoms with Crippen LogP contribution in [0.3, 0.4) is 0 Å². The Balaban J connectivity index is 1.82. The number of carbonyl (C=O) groups is 1. The van der Waals surface area contributed by atoms with E-state index in [-0.39, 0.29) is 17.9 Å². The lowest BCUT2D eigenvalue weighted by molar-refractivity contribution is -0.135. The van der Waals surface area contributed by atoms with E-state index >= 15 is 0 Å². The van der Waals surface area contributed by atoms with Crippen LogP contribution in [-0.4, -0.2) is 37.0 Å². The molecule has 0 aromatic heterocycles. The van der Waals surface area contributed by atoms with Crippen molar-refractivity contribution in [3.8, 4) is 5.75 Å². The van der Waals surface area contributed by atoms with Gasteiger partial charge in [-0.1, -0.05) is 32.4 Å². The van der Waals surface area contributed by atoms with E-state index in [1.165, 1.54) is 5.56 Å². The largest absolute Gasteiger partial charge is 0.497 e. The summed E-state index contributed by atoms with van der Waals surface area (Å²) in [5.74, 6) is 1.92. The summed E-state index contributed by atoms with van der Waals surface area (Å²) in [5.41, 5.74) is 7.42. The molecule has 2 N–H and O–H groups in total. The minimum atomic E-state index is -0.349. The van der Waals surface area contributed by atoms with Crippen LogP contribution in [0.2, 0.25) is 0 Å². The summed E-state index contributed by atoms with van der Waals surface area (Å²) in [6, 6.07) is 7.95. The van der Waals surface area contributed by atoms with Gasteiger partial charge in [-0.2, -0.15) is 0 Å². The van der Waals surface area contributed by atoms with Gasteiger partial charge in [0.05, 0.1) is 13.2 Å². The number of nitrogens with zero attached hydrogens (tertiary/aromatic N) is 1. The van der Waals surface area contributed by atoms with Crippen molar-refractivity contribution in [1.82, 2.24) is 4.90 Å². The molecule has 23 heavy (non-hydrogen) atoms. The molecule has 1 aromatic carbocycles. The van der Waals surface area contributed by atoms with Crippen LogP contribution in [0.4, 0.5) is 0 Å². The summed E-state index contributed by atoms with van der Waals surface area (Å²) in [5, 5.41) is 0. The monoisotopic (exact) mass is 318 g/mol. The molecular formula is C19H30N2O2. The lowest BCUT2D eigenvalue weighted by atomic mass is 9.89. The zero-order valence-electron chi connectivity index (χ0n) is 14.6. The van der Waals surface area contributed by atoms with E-state index in [1.807, 2.05) is 17.0 Å². The average Bonchev–Trinajstić information content (AvgIpc) is 2.61. The van der Waals surface area contributed by atoms with Crippen molar-refractivity contribution in [3.05, 3.63) is 29.8 Å². The van der Waals surface area contributed by atoms with Gasteiger partial charge in [0.1, 0.15) is 5.75 Å². The van der Waals surface area contributed by atoms with Crippen LogP contribution in [0.1, 0.15) is 38.7 Å². The molecule has 1 fully saturated rings. The van der Waals surface area contributed by atoms with Crippen molar-refractivity contribution in [2.24, 2.45) is 17.6 Å². The number of hydrogen-bond acceptors (Lipinski definition) is 3. The Hall–Kier alpha value is -1.55. The Kier molecular flexibility index (Phi) is 6.46. The van der Waals surface area contributed by atoms with Gasteiger partial charge >= 0.3 is 0 Å². The Morgan fingerprint density at radius 1 is 1.30 bits per heavy atom. The number of rotatable bonds is 6. The molecule has 2 rings (SSSR count). The highest BCUT2D eigenvalue weighted by Crippen LogP contribution is 2.24. The predicted octanol–water partition coefficient (Wildman–Crippen LogP) is 2.85. The summed E-state index contributed by atoms with van der Waals surface area (Å²) < 4.78 is 5.19. The van der Waals surface area contributed by atoms with E-state index in [0.29, 0.717) is 5.92 Å². The Bertz CT molecular complexity index is 493. The fourth-order valence-electron chi connectivity index (χ4n) is 3.16. The number of ether oxygens (including phenoxy) is 1. The molecular weight excluding hydrogens is 288 g/mol. The molecule has 0 saturated carbocycles. The highest BCUT2D eigenvalue weighted by Gasteiger charge is 2.28. The molecule has 4 heteroatoms. The van der Waals surface area contributed by atoms with Crippen molar-refractivity contribution in [2.75, 3.05) is 20.2 Å². The van der Waals surface area contributed by atoms with Crippen LogP contribution in [-0.2, 0) is 11.2 Å². The van der Waals surface area contributed by atoms with Crippen molar-refractivity contribution >= 4 is 5.91 Å². The predicted molar refractivity (Wildman–Crippen MR) is 93.4 cm³/mol. The highest BCUT2D eigenvalue weighted by atomic mass is 16.5. The van der Waals surface area contributed by atoms with Gasteiger partial charge in [-0.3, -0.25) is 4.79 Å². The molecule has 1 aliphatic heterocycles. The van der Waals surface area contributed by atoms with Crippen LogP contribution in [0.5, 0.6) is 5.75 Å². The van der Waals surface area contributed by atoms with E-state index in [9.17, 15) is 4.79 Å². The second kappa shape index (κ2) is 8.34. The number of piperidine rings is 1. The van der Waals surface area contributed by atoms with Gasteiger partial charge in [-0.05, 0) is 48.8 Å². The van der Waals surface area contributed by atoms with E-state index in [0.717, 1.165) is 44.5 Å². The fourth-order valence-corrected chi connectivity index (χ4v) is 3.16. The third-order valence-corrected chi connectivity index (χ3v) is 5.15. The zero-order chi connectivity index (χ0) is 16.8. The SMILES string of the molecule is CCC(C)C(N)C(=O)N1CCC(Cc2ccc(OC)cc2)CC1. The third-order valence-electron chi connectivity index (χ3n) is 5.15. The standard InChI is InChI=1S/C19H30N2O2/c1-4-14(2)18(20)19(22)21-11-9-16(10-12-21)13-15-5-7-17(23-3)8-6-15/h5-8,14,16,18H,4,9-13,20H2,1-3H3. The van der Waals surface area contributed by atoms with Gasteiger partial charge in [0.2, 0.25) is 5.91 Å². The van der Waals surface area contributed by atoms with Crippen molar-refractivity contribution < 1.29 is 9.53 Å². The van der Waals surface area contributed by atoms with Crippen LogP contribution in [0.25, 0.3) is 0 Å². The molecule has 1 aromatic rings. The van der Waals surface area contributed by atoms with Gasteiger partial charge in [-0.25, -0.2) is 0 Å². The molecule has 128 valence electrons. The number of nitrogens with two attached hydrogens (primary N) is 1. The molecule has 2 unspecified atom stereocenters. The first-order chi connectivity index (χ1) is 11.0. The summed E-state index contributed by atoms with van der Waals surface area (Å²) in [4.78, 5) is 14.4. The first-order valence-electron chi connectivity index (χ1n) is 8.72. The van der Waals surface area contributed by atoms with Crippen LogP contribution in [0, 0.1) is 11.8 Å². The number of methoxy groups -OCH3 is 1. The number of amides is 1. The van der Waals surface area contributed by atoms with Crippen molar-refractivity contribution in [3.63, 3.8) is 0 Å². The second-order valence-electron chi connectivity index (χ2n) is 6.73. The molecule has 0 radical (unpaired) electrons. The van der Waals surface area contributed by atoms with Gasteiger partial charge in [0.15, 0.2) is 0 Å².